The predicted molar refractivity (Wildman–Crippen MR) is 50.7 cm³/mol. The van der Waals surface area contributed by atoms with Gasteiger partial charge in [-0.3, -0.25) is 9.97 Å². The van der Waals surface area contributed by atoms with Crippen LogP contribution in [0.3, 0.4) is 0 Å². The van der Waals surface area contributed by atoms with Gasteiger partial charge in [-0.2, -0.15) is 0 Å². The molecule has 0 radical (unpaired) electrons. The van der Waals surface area contributed by atoms with Crippen molar-refractivity contribution < 1.29 is 9.84 Å². The van der Waals surface area contributed by atoms with E-state index in [1.807, 2.05) is 6.92 Å². The van der Waals surface area contributed by atoms with Crippen molar-refractivity contribution in [2.45, 2.75) is 32.0 Å². The van der Waals surface area contributed by atoms with Crippen LogP contribution in [0, 0.1) is 6.92 Å². The minimum absolute atomic E-state index is 0.0915. The number of aromatic nitrogens is 2. The maximum absolute atomic E-state index is 9.48. The summed E-state index contributed by atoms with van der Waals surface area (Å²) in [6.45, 7) is 2.50. The minimum atomic E-state index is -0.268. The van der Waals surface area contributed by atoms with Crippen molar-refractivity contribution in [3.05, 3.63) is 23.8 Å². The summed E-state index contributed by atoms with van der Waals surface area (Å²) >= 11 is 0. The summed E-state index contributed by atoms with van der Waals surface area (Å²) in [5, 5.41) is 9.48. The fourth-order valence-corrected chi connectivity index (χ4v) is 1.62. The van der Waals surface area contributed by atoms with Crippen LogP contribution in [0.2, 0.25) is 0 Å². The van der Waals surface area contributed by atoms with E-state index in [2.05, 4.69) is 9.97 Å². The summed E-state index contributed by atoms with van der Waals surface area (Å²) < 4.78 is 5.53. The van der Waals surface area contributed by atoms with Crippen LogP contribution < -0.4 is 0 Å². The quantitative estimate of drug-likeness (QED) is 0.724. The smallest absolute Gasteiger partial charge is 0.103 e. The second-order valence-corrected chi connectivity index (χ2v) is 3.62. The first-order valence-corrected chi connectivity index (χ1v) is 4.84. The van der Waals surface area contributed by atoms with E-state index in [1.165, 1.54) is 0 Å². The topological polar surface area (TPSA) is 55.2 Å². The Morgan fingerprint density at radius 2 is 2.36 bits per heavy atom. The first-order valence-electron chi connectivity index (χ1n) is 4.84. The molecular weight excluding hydrogens is 180 g/mol. The Balaban J connectivity index is 2.14. The summed E-state index contributed by atoms with van der Waals surface area (Å²) in [6, 6.07) is 0. The number of aliphatic hydroxyl groups excluding tert-OH is 1. The fourth-order valence-electron chi connectivity index (χ4n) is 1.62. The summed E-state index contributed by atoms with van der Waals surface area (Å²) in [7, 11) is 0. The third kappa shape index (κ3) is 2.08. The first-order chi connectivity index (χ1) is 6.75. The number of rotatable bonds is 1. The molecule has 2 rings (SSSR count). The van der Waals surface area contributed by atoms with E-state index in [1.54, 1.807) is 12.4 Å². The molecule has 1 saturated heterocycles. The SMILES string of the molecule is Cc1cncc(C2CC(O)CCO2)n1. The molecule has 2 unspecified atom stereocenters. The van der Waals surface area contributed by atoms with E-state index in [9.17, 15) is 5.11 Å². The number of hydrogen-bond acceptors (Lipinski definition) is 4. The van der Waals surface area contributed by atoms with Gasteiger partial charge in [-0.1, -0.05) is 0 Å². The van der Waals surface area contributed by atoms with E-state index in [-0.39, 0.29) is 12.2 Å². The average molecular weight is 194 g/mol. The highest BCUT2D eigenvalue weighted by atomic mass is 16.5. The highest BCUT2D eigenvalue weighted by Gasteiger charge is 2.23. The van der Waals surface area contributed by atoms with Gasteiger partial charge in [0.2, 0.25) is 0 Å². The Labute approximate surface area is 83.0 Å². The highest BCUT2D eigenvalue weighted by Crippen LogP contribution is 2.26. The zero-order valence-electron chi connectivity index (χ0n) is 8.18. The number of aryl methyl sites for hydroxylation is 1. The van der Waals surface area contributed by atoms with E-state index in [0.717, 1.165) is 17.8 Å². The Bertz CT molecular complexity index is 317. The summed E-state index contributed by atoms with van der Waals surface area (Å²) in [5.41, 5.74) is 1.70. The molecule has 0 aliphatic carbocycles. The van der Waals surface area contributed by atoms with Gasteiger partial charge in [-0.25, -0.2) is 0 Å². The van der Waals surface area contributed by atoms with Crippen LogP contribution in [0.1, 0.15) is 30.3 Å². The van der Waals surface area contributed by atoms with Crippen molar-refractivity contribution in [3.8, 4) is 0 Å². The van der Waals surface area contributed by atoms with Gasteiger partial charge in [0.25, 0.3) is 0 Å². The van der Waals surface area contributed by atoms with E-state index in [4.69, 9.17) is 4.74 Å². The lowest BCUT2D eigenvalue weighted by Crippen LogP contribution is -2.24. The van der Waals surface area contributed by atoms with Gasteiger partial charge in [0, 0.05) is 19.2 Å². The molecule has 4 nitrogen and oxygen atoms in total. The minimum Gasteiger partial charge on any atom is -0.393 e. The maximum atomic E-state index is 9.48. The van der Waals surface area contributed by atoms with Crippen molar-refractivity contribution in [2.75, 3.05) is 6.61 Å². The van der Waals surface area contributed by atoms with Crippen LogP contribution in [-0.4, -0.2) is 27.8 Å². The zero-order chi connectivity index (χ0) is 9.97. The summed E-state index contributed by atoms with van der Waals surface area (Å²) in [6.07, 6.45) is 4.40. The monoisotopic (exact) mass is 194 g/mol. The molecule has 2 heterocycles. The molecule has 14 heavy (non-hydrogen) atoms. The number of hydrogen-bond donors (Lipinski definition) is 1. The van der Waals surface area contributed by atoms with E-state index < -0.39 is 0 Å². The summed E-state index contributed by atoms with van der Waals surface area (Å²) in [5.74, 6) is 0. The molecule has 2 atom stereocenters. The second kappa shape index (κ2) is 4.02. The fraction of sp³-hybridized carbons (Fsp3) is 0.600. The molecule has 0 bridgehead atoms. The van der Waals surface area contributed by atoms with Crippen LogP contribution in [0.15, 0.2) is 12.4 Å². The van der Waals surface area contributed by atoms with E-state index in [0.29, 0.717) is 13.0 Å². The molecule has 4 heteroatoms. The third-order valence-corrected chi connectivity index (χ3v) is 2.36. The van der Waals surface area contributed by atoms with Crippen molar-refractivity contribution in [2.24, 2.45) is 0 Å². The molecule has 0 saturated carbocycles. The zero-order valence-corrected chi connectivity index (χ0v) is 8.18. The number of aliphatic hydroxyl groups is 1. The third-order valence-electron chi connectivity index (χ3n) is 2.36. The van der Waals surface area contributed by atoms with E-state index >= 15 is 0 Å². The lowest BCUT2D eigenvalue weighted by Gasteiger charge is -2.25. The van der Waals surface area contributed by atoms with Gasteiger partial charge < -0.3 is 9.84 Å². The molecule has 0 aromatic carbocycles. The molecule has 1 aromatic rings. The van der Waals surface area contributed by atoms with Gasteiger partial charge in [-0.05, 0) is 13.3 Å². The molecular formula is C10H14N2O2. The lowest BCUT2D eigenvalue weighted by atomic mass is 10.0. The van der Waals surface area contributed by atoms with Crippen LogP contribution in [0.4, 0.5) is 0 Å². The van der Waals surface area contributed by atoms with Gasteiger partial charge in [0.05, 0.1) is 23.7 Å². The molecule has 1 aliphatic heterocycles. The average Bonchev–Trinajstić information content (AvgIpc) is 2.18. The first kappa shape index (κ1) is 9.55. The Kier molecular flexibility index (Phi) is 2.74. The molecule has 76 valence electrons. The van der Waals surface area contributed by atoms with Gasteiger partial charge in [-0.15, -0.1) is 0 Å². The predicted octanol–water partition coefficient (Wildman–Crippen LogP) is 0.997. The Hall–Kier alpha value is -1.00. The molecule has 0 spiro atoms. The van der Waals surface area contributed by atoms with Crippen LogP contribution >= 0.6 is 0 Å². The van der Waals surface area contributed by atoms with Crippen LogP contribution in [0.5, 0.6) is 0 Å². The second-order valence-electron chi connectivity index (χ2n) is 3.62. The van der Waals surface area contributed by atoms with Crippen molar-refractivity contribution in [1.82, 2.24) is 9.97 Å². The Morgan fingerprint density at radius 3 is 3.07 bits per heavy atom. The standard InChI is InChI=1S/C10H14N2O2/c1-7-5-11-6-9(12-7)10-4-8(13)2-3-14-10/h5-6,8,10,13H,2-4H2,1H3. The molecule has 1 aromatic heterocycles. The highest BCUT2D eigenvalue weighted by molar-refractivity contribution is 5.05. The largest absolute Gasteiger partial charge is 0.393 e. The van der Waals surface area contributed by atoms with Crippen LogP contribution in [0.25, 0.3) is 0 Å². The summed E-state index contributed by atoms with van der Waals surface area (Å²) in [4.78, 5) is 8.39. The van der Waals surface area contributed by atoms with Crippen molar-refractivity contribution in [1.29, 1.82) is 0 Å². The van der Waals surface area contributed by atoms with Crippen molar-refractivity contribution in [3.63, 3.8) is 0 Å². The lowest BCUT2D eigenvalue weighted by molar-refractivity contribution is -0.0468. The number of nitrogens with zero attached hydrogens (tertiary/aromatic N) is 2. The van der Waals surface area contributed by atoms with Gasteiger partial charge >= 0.3 is 0 Å². The van der Waals surface area contributed by atoms with Crippen molar-refractivity contribution >= 4 is 0 Å². The normalized spacial score (nSPS) is 27.6. The molecule has 1 aliphatic rings. The van der Waals surface area contributed by atoms with Crippen LogP contribution in [-0.2, 0) is 4.74 Å². The maximum Gasteiger partial charge on any atom is 0.103 e. The van der Waals surface area contributed by atoms with Gasteiger partial charge in [0.1, 0.15) is 6.10 Å². The molecule has 1 N–H and O–H groups in total. The Morgan fingerprint density at radius 1 is 1.50 bits per heavy atom. The number of ether oxygens (including phenoxy) is 1. The van der Waals surface area contributed by atoms with Gasteiger partial charge in [0.15, 0.2) is 0 Å². The molecule has 1 fully saturated rings. The molecule has 0 amide bonds.